The number of hydrogen-bond acceptors (Lipinski definition) is 2. The van der Waals surface area contributed by atoms with Crippen molar-refractivity contribution in [3.05, 3.63) is 35.9 Å². The van der Waals surface area contributed by atoms with Crippen LogP contribution in [-0.2, 0) is 9.53 Å². The Bertz CT molecular complexity index is 272. The van der Waals surface area contributed by atoms with E-state index in [2.05, 4.69) is 0 Å². The van der Waals surface area contributed by atoms with Crippen LogP contribution in [0.2, 0.25) is 0 Å². The molecule has 0 bridgehead atoms. The lowest BCUT2D eigenvalue weighted by Crippen LogP contribution is -2.15. The largest absolute Gasteiger partial charge is 0.466 e. The van der Waals surface area contributed by atoms with Crippen molar-refractivity contribution < 1.29 is 9.53 Å². The second-order valence-corrected chi connectivity index (χ2v) is 2.64. The predicted molar refractivity (Wildman–Crippen MR) is 51.6 cm³/mol. The van der Waals surface area contributed by atoms with Crippen molar-refractivity contribution in [2.75, 3.05) is 6.61 Å². The van der Waals surface area contributed by atoms with E-state index >= 15 is 0 Å². The minimum absolute atomic E-state index is 0.360. The minimum Gasteiger partial charge on any atom is -0.466 e. The van der Waals surface area contributed by atoms with E-state index in [1.165, 1.54) is 0 Å². The molecule has 0 aliphatic rings. The van der Waals surface area contributed by atoms with Crippen LogP contribution in [0.15, 0.2) is 30.3 Å². The van der Waals surface area contributed by atoms with Crippen molar-refractivity contribution in [2.24, 2.45) is 0 Å². The van der Waals surface area contributed by atoms with Gasteiger partial charge in [-0.15, -0.1) is 0 Å². The highest BCUT2D eigenvalue weighted by Crippen LogP contribution is 2.12. The topological polar surface area (TPSA) is 26.3 Å². The van der Waals surface area contributed by atoms with Gasteiger partial charge in [0.05, 0.1) is 14.5 Å². The smallest absolute Gasteiger partial charge is 0.304 e. The fourth-order valence-corrected chi connectivity index (χ4v) is 1.03. The number of carbonyl (C=O) groups excluding carboxylic acids is 1. The molecule has 3 heteroatoms. The third-order valence-corrected chi connectivity index (χ3v) is 1.70. The highest BCUT2D eigenvalue weighted by molar-refractivity contribution is 6.23. The molecule has 0 aliphatic carbocycles. The van der Waals surface area contributed by atoms with E-state index < -0.39 is 5.82 Å². The molecule has 66 valence electrons. The molecule has 0 saturated heterocycles. The summed E-state index contributed by atoms with van der Waals surface area (Å²) in [6.07, 6.45) is 0. The Labute approximate surface area is 79.3 Å². The first-order chi connectivity index (χ1) is 6.25. The molecule has 1 rings (SSSR count). The zero-order valence-electron chi connectivity index (χ0n) is 7.57. The molecule has 0 unspecified atom stereocenters. The number of carbonyl (C=O) groups is 1. The van der Waals surface area contributed by atoms with Crippen LogP contribution in [0.1, 0.15) is 18.3 Å². The van der Waals surface area contributed by atoms with E-state index in [1.807, 2.05) is 30.3 Å². The lowest BCUT2D eigenvalue weighted by atomic mass is 9.81. The van der Waals surface area contributed by atoms with E-state index in [9.17, 15) is 4.79 Å². The Hall–Kier alpha value is -1.25. The first-order valence-electron chi connectivity index (χ1n) is 4.23. The van der Waals surface area contributed by atoms with Gasteiger partial charge in [0.2, 0.25) is 0 Å². The Morgan fingerprint density at radius 2 is 2.08 bits per heavy atom. The molecule has 13 heavy (non-hydrogen) atoms. The number of benzene rings is 1. The third-order valence-electron chi connectivity index (χ3n) is 1.70. The van der Waals surface area contributed by atoms with Crippen molar-refractivity contribution in [3.63, 3.8) is 0 Å². The molecule has 0 heterocycles. The van der Waals surface area contributed by atoms with Gasteiger partial charge in [-0.25, -0.2) is 0 Å². The maximum atomic E-state index is 11.2. The number of esters is 1. The summed E-state index contributed by atoms with van der Waals surface area (Å²) >= 11 is 0. The van der Waals surface area contributed by atoms with E-state index in [-0.39, 0.29) is 5.97 Å². The molecule has 0 spiro atoms. The maximum absolute atomic E-state index is 11.2. The quantitative estimate of drug-likeness (QED) is 0.512. The van der Waals surface area contributed by atoms with E-state index in [0.29, 0.717) is 6.61 Å². The summed E-state index contributed by atoms with van der Waals surface area (Å²) in [5, 5.41) is 0. The molecule has 1 aromatic rings. The Morgan fingerprint density at radius 3 is 2.62 bits per heavy atom. The van der Waals surface area contributed by atoms with Crippen LogP contribution < -0.4 is 0 Å². The van der Waals surface area contributed by atoms with Crippen LogP contribution >= 0.6 is 0 Å². The molecule has 1 aromatic carbocycles. The van der Waals surface area contributed by atoms with Crippen LogP contribution in [0.3, 0.4) is 0 Å². The van der Waals surface area contributed by atoms with Gasteiger partial charge >= 0.3 is 5.97 Å². The molecule has 0 N–H and O–H groups in total. The summed E-state index contributed by atoms with van der Waals surface area (Å²) in [7, 11) is 5.65. The summed E-state index contributed by atoms with van der Waals surface area (Å²) < 4.78 is 4.79. The molecular formula is C10H11BO2. The second kappa shape index (κ2) is 4.70. The minimum atomic E-state index is -0.666. The van der Waals surface area contributed by atoms with Crippen molar-refractivity contribution >= 4 is 13.8 Å². The highest BCUT2D eigenvalue weighted by atomic mass is 16.5. The van der Waals surface area contributed by atoms with Gasteiger partial charge in [-0.1, -0.05) is 30.3 Å². The first-order valence-corrected chi connectivity index (χ1v) is 4.23. The van der Waals surface area contributed by atoms with Crippen LogP contribution in [0.4, 0.5) is 0 Å². The average Bonchev–Trinajstić information content (AvgIpc) is 2.18. The Balaban J connectivity index is 2.68. The van der Waals surface area contributed by atoms with Gasteiger partial charge in [0.15, 0.2) is 0 Å². The number of ether oxygens (including phenoxy) is 1. The van der Waals surface area contributed by atoms with Crippen LogP contribution in [0.25, 0.3) is 0 Å². The molecule has 0 amide bonds. The van der Waals surface area contributed by atoms with Gasteiger partial charge in [0, 0.05) is 5.82 Å². The SMILES string of the molecule is [B][C@@H](C(=O)OCC)c1ccccc1. The Morgan fingerprint density at radius 1 is 1.46 bits per heavy atom. The van der Waals surface area contributed by atoms with Gasteiger partial charge in [0.1, 0.15) is 0 Å². The molecule has 0 fully saturated rings. The fourth-order valence-electron chi connectivity index (χ4n) is 1.03. The van der Waals surface area contributed by atoms with E-state index in [4.69, 9.17) is 12.6 Å². The number of hydrogen-bond donors (Lipinski definition) is 0. The average molecular weight is 174 g/mol. The van der Waals surface area contributed by atoms with Crippen molar-refractivity contribution in [1.29, 1.82) is 0 Å². The van der Waals surface area contributed by atoms with E-state index in [1.54, 1.807) is 6.92 Å². The van der Waals surface area contributed by atoms with Crippen molar-refractivity contribution in [1.82, 2.24) is 0 Å². The molecule has 2 radical (unpaired) electrons. The van der Waals surface area contributed by atoms with Gasteiger partial charge in [-0.05, 0) is 12.5 Å². The normalized spacial score (nSPS) is 12.1. The van der Waals surface area contributed by atoms with Gasteiger partial charge in [-0.2, -0.15) is 0 Å². The van der Waals surface area contributed by atoms with Crippen LogP contribution in [-0.4, -0.2) is 20.4 Å². The second-order valence-electron chi connectivity index (χ2n) is 2.64. The fraction of sp³-hybridized carbons (Fsp3) is 0.300. The van der Waals surface area contributed by atoms with E-state index in [0.717, 1.165) is 5.56 Å². The molecule has 2 nitrogen and oxygen atoms in total. The number of rotatable bonds is 3. The van der Waals surface area contributed by atoms with Gasteiger partial charge < -0.3 is 4.74 Å². The van der Waals surface area contributed by atoms with Gasteiger partial charge in [0.25, 0.3) is 0 Å². The molecule has 0 saturated carbocycles. The zero-order chi connectivity index (χ0) is 9.68. The molecular weight excluding hydrogens is 163 g/mol. The third kappa shape index (κ3) is 2.62. The summed E-state index contributed by atoms with van der Waals surface area (Å²) in [5.41, 5.74) is 0.779. The van der Waals surface area contributed by atoms with Crippen molar-refractivity contribution in [3.8, 4) is 0 Å². The van der Waals surface area contributed by atoms with Gasteiger partial charge in [-0.3, -0.25) is 4.79 Å². The van der Waals surface area contributed by atoms with Crippen LogP contribution in [0, 0.1) is 0 Å². The lowest BCUT2D eigenvalue weighted by Gasteiger charge is -2.10. The summed E-state index contributed by atoms with van der Waals surface area (Å²) in [4.78, 5) is 11.2. The summed E-state index contributed by atoms with van der Waals surface area (Å²) in [6, 6.07) is 9.17. The highest BCUT2D eigenvalue weighted by Gasteiger charge is 2.14. The maximum Gasteiger partial charge on any atom is 0.304 e. The molecule has 1 atom stereocenters. The first kappa shape index (κ1) is 9.84. The summed E-state index contributed by atoms with van der Waals surface area (Å²) in [5.74, 6) is -1.05. The summed E-state index contributed by atoms with van der Waals surface area (Å²) in [6.45, 7) is 2.12. The van der Waals surface area contributed by atoms with Crippen LogP contribution in [0.5, 0.6) is 0 Å². The Kier molecular flexibility index (Phi) is 3.56. The standard InChI is InChI=1S/C10H11BO2/c1-2-13-10(12)9(11)8-6-4-3-5-7-8/h3-7,9H,2H2,1H3/t9-/m1/s1. The predicted octanol–water partition coefficient (Wildman–Crippen LogP) is 1.46. The molecule has 0 aromatic heterocycles. The monoisotopic (exact) mass is 174 g/mol. The zero-order valence-corrected chi connectivity index (χ0v) is 7.57. The lowest BCUT2D eigenvalue weighted by molar-refractivity contribution is -0.142. The van der Waals surface area contributed by atoms with Crippen molar-refractivity contribution in [2.45, 2.75) is 12.7 Å². The molecule has 0 aliphatic heterocycles.